The summed E-state index contributed by atoms with van der Waals surface area (Å²) in [4.78, 5) is 15.2. The Balaban J connectivity index is 1.05. The van der Waals surface area contributed by atoms with E-state index in [1.165, 1.54) is 49.0 Å². The quantitative estimate of drug-likeness (QED) is 0.165. The third kappa shape index (κ3) is 5.00. The largest absolute Gasteiger partial charge is 0.309 e. The van der Waals surface area contributed by atoms with Crippen molar-refractivity contribution in [1.29, 1.82) is 0 Å². The van der Waals surface area contributed by atoms with Crippen LogP contribution in [0.25, 0.3) is 111 Å². The molecule has 9 aromatic carbocycles. The van der Waals surface area contributed by atoms with Crippen LogP contribution in [0, 0.1) is 0 Å². The number of para-hydroxylation sites is 2. The molecule has 5 heteroatoms. The minimum absolute atomic E-state index is 0.585. The van der Waals surface area contributed by atoms with Crippen LogP contribution in [0.15, 0.2) is 200 Å². The van der Waals surface area contributed by atoms with Crippen molar-refractivity contribution in [2.24, 2.45) is 0 Å². The number of aromatic nitrogens is 5. The highest BCUT2D eigenvalue weighted by molar-refractivity contribution is 6.16. The van der Waals surface area contributed by atoms with E-state index in [4.69, 9.17) is 15.0 Å². The van der Waals surface area contributed by atoms with Gasteiger partial charge in [0.05, 0.1) is 27.8 Å². The van der Waals surface area contributed by atoms with Gasteiger partial charge in [0.15, 0.2) is 11.6 Å². The van der Waals surface area contributed by atoms with Crippen LogP contribution in [0.5, 0.6) is 0 Å². The Morgan fingerprint density at radius 1 is 0.276 bits per heavy atom. The van der Waals surface area contributed by atoms with Gasteiger partial charge in [-0.1, -0.05) is 158 Å². The summed E-state index contributed by atoms with van der Waals surface area (Å²) < 4.78 is 4.63. The molecule has 0 amide bonds. The van der Waals surface area contributed by atoms with Crippen LogP contribution >= 0.6 is 0 Å². The van der Waals surface area contributed by atoms with Crippen LogP contribution in [-0.4, -0.2) is 24.1 Å². The van der Waals surface area contributed by atoms with Crippen molar-refractivity contribution in [3.8, 4) is 45.5 Å². The molecule has 12 rings (SSSR count). The molecule has 270 valence electrons. The Kier molecular flexibility index (Phi) is 7.16. The van der Waals surface area contributed by atoms with Crippen LogP contribution in [0.2, 0.25) is 0 Å². The Morgan fingerprint density at radius 3 is 1.33 bits per heavy atom. The number of hydrogen-bond acceptors (Lipinski definition) is 3. The molecule has 0 aliphatic rings. The highest BCUT2D eigenvalue weighted by Gasteiger charge is 2.20. The molecule has 0 spiro atoms. The summed E-state index contributed by atoms with van der Waals surface area (Å²) >= 11 is 0. The first kappa shape index (κ1) is 32.4. The van der Waals surface area contributed by atoms with Gasteiger partial charge in [-0.2, -0.15) is 9.97 Å². The molecule has 12 aromatic rings. The first-order valence-corrected chi connectivity index (χ1v) is 19.6. The second kappa shape index (κ2) is 12.8. The first-order valence-electron chi connectivity index (χ1n) is 19.6. The zero-order valence-corrected chi connectivity index (χ0v) is 31.3. The van der Waals surface area contributed by atoms with Crippen LogP contribution in [0.1, 0.15) is 0 Å². The van der Waals surface area contributed by atoms with E-state index in [2.05, 4.69) is 149 Å². The van der Waals surface area contributed by atoms with Gasteiger partial charge in [-0.25, -0.2) is 4.98 Å². The molecule has 0 radical (unpaired) electrons. The van der Waals surface area contributed by atoms with E-state index in [9.17, 15) is 0 Å². The summed E-state index contributed by atoms with van der Waals surface area (Å²) in [5, 5.41) is 9.73. The summed E-state index contributed by atoms with van der Waals surface area (Å²) in [6.45, 7) is 0. The maximum Gasteiger partial charge on any atom is 0.238 e. The number of rotatable bonds is 5. The molecule has 0 N–H and O–H groups in total. The SMILES string of the molecule is c1ccc(-c2nc(-c3ccccc3)nc(-n3c4ccccc4c4cc(-c5ccc6c(c5)c5ccccc5n6-c5cc6ccccc6c6ccccc56)ccc43)n2)cc1. The molecule has 58 heavy (non-hydrogen) atoms. The van der Waals surface area contributed by atoms with Crippen molar-refractivity contribution in [1.82, 2.24) is 24.1 Å². The highest BCUT2D eigenvalue weighted by atomic mass is 15.2. The highest BCUT2D eigenvalue weighted by Crippen LogP contribution is 2.40. The fourth-order valence-corrected chi connectivity index (χ4v) is 8.90. The lowest BCUT2D eigenvalue weighted by molar-refractivity contribution is 0.953. The van der Waals surface area contributed by atoms with Crippen molar-refractivity contribution in [3.05, 3.63) is 200 Å². The molecule has 0 aliphatic heterocycles. The van der Waals surface area contributed by atoms with Crippen molar-refractivity contribution in [2.75, 3.05) is 0 Å². The molecule has 0 atom stereocenters. The van der Waals surface area contributed by atoms with Gasteiger partial charge in [-0.3, -0.25) is 4.57 Å². The van der Waals surface area contributed by atoms with Crippen molar-refractivity contribution in [2.45, 2.75) is 0 Å². The summed E-state index contributed by atoms with van der Waals surface area (Å²) in [6.07, 6.45) is 0. The second-order valence-electron chi connectivity index (χ2n) is 14.8. The van der Waals surface area contributed by atoms with E-state index >= 15 is 0 Å². The third-order valence-electron chi connectivity index (χ3n) is 11.6. The molecular weight excluding hydrogens is 707 g/mol. The Bertz CT molecular complexity index is 3510. The van der Waals surface area contributed by atoms with Gasteiger partial charge in [0.2, 0.25) is 5.95 Å². The lowest BCUT2D eigenvalue weighted by Gasteiger charge is -2.14. The van der Waals surface area contributed by atoms with E-state index in [1.807, 2.05) is 60.7 Å². The zero-order chi connectivity index (χ0) is 38.2. The third-order valence-corrected chi connectivity index (χ3v) is 11.6. The minimum Gasteiger partial charge on any atom is -0.309 e. The maximum atomic E-state index is 5.12. The summed E-state index contributed by atoms with van der Waals surface area (Å²) in [6, 6.07) is 71.1. The van der Waals surface area contributed by atoms with E-state index < -0.39 is 0 Å². The topological polar surface area (TPSA) is 48.5 Å². The summed E-state index contributed by atoms with van der Waals surface area (Å²) in [5.41, 5.74) is 9.83. The van der Waals surface area contributed by atoms with Gasteiger partial charge < -0.3 is 4.57 Å². The number of nitrogens with zero attached hydrogens (tertiary/aromatic N) is 5. The van der Waals surface area contributed by atoms with Gasteiger partial charge in [0.1, 0.15) is 0 Å². The standard InChI is InChI=1S/C53H33N5/c1-3-15-34(16-4-1)51-54-52(35-17-5-2-6-18-35)56-53(55-51)58-47-26-14-12-24-43(47)45-32-37(28-30-49(45)58)36-27-29-48-44(31-36)42-23-11-13-25-46(42)57(48)50-33-38-19-7-8-20-39(38)40-21-9-10-22-41(40)50/h1-33H. The molecule has 0 saturated heterocycles. The van der Waals surface area contributed by atoms with Crippen LogP contribution in [0.4, 0.5) is 0 Å². The maximum absolute atomic E-state index is 5.12. The Hall–Kier alpha value is -7.89. The molecular formula is C53H33N5. The van der Waals surface area contributed by atoms with Crippen molar-refractivity contribution in [3.63, 3.8) is 0 Å². The first-order chi connectivity index (χ1) is 28.8. The Morgan fingerprint density at radius 2 is 0.724 bits per heavy atom. The lowest BCUT2D eigenvalue weighted by Crippen LogP contribution is -2.06. The molecule has 5 nitrogen and oxygen atoms in total. The summed E-state index contributed by atoms with van der Waals surface area (Å²) in [7, 11) is 0. The molecule has 0 aliphatic carbocycles. The van der Waals surface area contributed by atoms with E-state index in [-0.39, 0.29) is 0 Å². The van der Waals surface area contributed by atoms with Crippen molar-refractivity contribution >= 4 is 65.2 Å². The fraction of sp³-hybridized carbons (Fsp3) is 0. The van der Waals surface area contributed by atoms with Crippen LogP contribution in [-0.2, 0) is 0 Å². The van der Waals surface area contributed by atoms with E-state index in [0.29, 0.717) is 17.6 Å². The summed E-state index contributed by atoms with van der Waals surface area (Å²) in [5.74, 6) is 1.86. The second-order valence-corrected chi connectivity index (χ2v) is 14.8. The average molecular weight is 740 g/mol. The lowest BCUT2D eigenvalue weighted by atomic mass is 9.99. The van der Waals surface area contributed by atoms with Gasteiger partial charge in [0.25, 0.3) is 0 Å². The average Bonchev–Trinajstić information content (AvgIpc) is 3.81. The van der Waals surface area contributed by atoms with Gasteiger partial charge in [-0.15, -0.1) is 0 Å². The number of benzene rings is 9. The fourth-order valence-electron chi connectivity index (χ4n) is 8.90. The van der Waals surface area contributed by atoms with E-state index in [0.717, 1.165) is 44.1 Å². The normalized spacial score (nSPS) is 11.8. The number of fused-ring (bicyclic) bond motifs is 9. The molecule has 0 bridgehead atoms. The molecule has 0 unspecified atom stereocenters. The van der Waals surface area contributed by atoms with Gasteiger partial charge >= 0.3 is 0 Å². The zero-order valence-electron chi connectivity index (χ0n) is 31.3. The smallest absolute Gasteiger partial charge is 0.238 e. The van der Waals surface area contributed by atoms with E-state index in [1.54, 1.807) is 0 Å². The van der Waals surface area contributed by atoms with Gasteiger partial charge in [0, 0.05) is 38.1 Å². The molecule has 3 heterocycles. The predicted molar refractivity (Wildman–Crippen MR) is 240 cm³/mol. The van der Waals surface area contributed by atoms with Crippen LogP contribution in [0.3, 0.4) is 0 Å². The minimum atomic E-state index is 0.585. The van der Waals surface area contributed by atoms with Crippen LogP contribution < -0.4 is 0 Å². The monoisotopic (exact) mass is 739 g/mol. The predicted octanol–water partition coefficient (Wildman–Crippen LogP) is 13.4. The Labute approximate surface area is 333 Å². The molecule has 0 fully saturated rings. The van der Waals surface area contributed by atoms with Gasteiger partial charge in [-0.05, 0) is 69.8 Å². The number of hydrogen-bond donors (Lipinski definition) is 0. The molecule has 0 saturated carbocycles. The van der Waals surface area contributed by atoms with Crippen molar-refractivity contribution < 1.29 is 0 Å². The molecule has 3 aromatic heterocycles.